The lowest BCUT2D eigenvalue weighted by Crippen LogP contribution is -2.37. The highest BCUT2D eigenvalue weighted by molar-refractivity contribution is 5.30. The van der Waals surface area contributed by atoms with Crippen LogP contribution in [0.1, 0.15) is 160 Å². The first-order chi connectivity index (χ1) is 21.2. The first-order valence-corrected chi connectivity index (χ1v) is 18.3. The maximum absolute atomic E-state index is 2.52. The molecule has 1 heterocycles. The van der Waals surface area contributed by atoms with Gasteiger partial charge in [-0.3, -0.25) is 0 Å². The van der Waals surface area contributed by atoms with E-state index >= 15 is 0 Å². The number of benzene rings is 2. The first kappa shape index (κ1) is 35.1. The van der Waals surface area contributed by atoms with Crippen molar-refractivity contribution in [2.24, 2.45) is 0 Å². The molecule has 2 nitrogen and oxygen atoms in total. The summed E-state index contributed by atoms with van der Waals surface area (Å²) in [7, 11) is 0. The van der Waals surface area contributed by atoms with Crippen LogP contribution in [-0.4, -0.2) is 4.57 Å². The molecule has 3 rings (SSSR count). The van der Waals surface area contributed by atoms with Gasteiger partial charge < -0.3 is 0 Å². The fourth-order valence-corrected chi connectivity index (χ4v) is 7.07. The molecule has 0 saturated heterocycles. The number of imidazole rings is 1. The number of nitrogens with zero attached hydrogens (tertiary/aromatic N) is 2. The molecule has 0 fully saturated rings. The van der Waals surface area contributed by atoms with Gasteiger partial charge in [0.25, 0.3) is 0 Å². The molecule has 0 aliphatic carbocycles. The number of aromatic nitrogens is 2. The lowest BCUT2D eigenvalue weighted by atomic mass is 9.70. The third kappa shape index (κ3) is 13.0. The molecule has 0 radical (unpaired) electrons. The molecule has 0 aliphatic rings. The van der Waals surface area contributed by atoms with Crippen molar-refractivity contribution in [2.75, 3.05) is 0 Å². The summed E-state index contributed by atoms with van der Waals surface area (Å²) in [6.45, 7) is 8.24. The Bertz CT molecular complexity index is 1060. The van der Waals surface area contributed by atoms with E-state index in [-0.39, 0.29) is 5.41 Å². The van der Waals surface area contributed by atoms with E-state index in [2.05, 4.69) is 109 Å². The van der Waals surface area contributed by atoms with Crippen molar-refractivity contribution in [2.45, 2.75) is 167 Å². The molecule has 43 heavy (non-hydrogen) atoms. The molecule has 2 aromatic carbocycles. The van der Waals surface area contributed by atoms with Gasteiger partial charge >= 0.3 is 0 Å². The topological polar surface area (TPSA) is 8.81 Å². The van der Waals surface area contributed by atoms with Crippen LogP contribution >= 0.6 is 0 Å². The van der Waals surface area contributed by atoms with Gasteiger partial charge in [-0.25, -0.2) is 9.13 Å². The molecular formula is C41H65N2+. The predicted octanol–water partition coefficient (Wildman–Crippen LogP) is 12.0. The molecule has 1 aromatic heterocycles. The predicted molar refractivity (Wildman–Crippen MR) is 187 cm³/mol. The highest BCUT2D eigenvalue weighted by Crippen LogP contribution is 2.41. The summed E-state index contributed by atoms with van der Waals surface area (Å²) in [5, 5.41) is 0. The Morgan fingerprint density at radius 1 is 0.605 bits per heavy atom. The van der Waals surface area contributed by atoms with Gasteiger partial charge in [-0.05, 0) is 36.8 Å². The van der Waals surface area contributed by atoms with Crippen molar-refractivity contribution in [3.05, 3.63) is 90.5 Å². The van der Waals surface area contributed by atoms with Crippen molar-refractivity contribution in [1.82, 2.24) is 4.57 Å². The van der Waals surface area contributed by atoms with Crippen LogP contribution < -0.4 is 4.57 Å². The summed E-state index contributed by atoms with van der Waals surface area (Å²) < 4.78 is 4.95. The summed E-state index contributed by atoms with van der Waals surface area (Å²) in [4.78, 5) is 0. The third-order valence-corrected chi connectivity index (χ3v) is 9.74. The molecule has 0 saturated carbocycles. The Kier molecular flexibility index (Phi) is 17.5. The van der Waals surface area contributed by atoms with Gasteiger partial charge in [-0.1, -0.05) is 184 Å². The van der Waals surface area contributed by atoms with Crippen molar-refractivity contribution in [1.29, 1.82) is 0 Å². The Balaban J connectivity index is 1.36. The number of hydrogen-bond donors (Lipinski definition) is 0. The lowest BCUT2D eigenvalue weighted by molar-refractivity contribution is -0.697. The van der Waals surface area contributed by atoms with Crippen molar-refractivity contribution < 1.29 is 4.57 Å². The number of hydrogen-bond acceptors (Lipinski definition) is 0. The van der Waals surface area contributed by atoms with E-state index in [1.807, 2.05) is 0 Å². The van der Waals surface area contributed by atoms with Crippen molar-refractivity contribution in [3.8, 4) is 0 Å². The highest BCUT2D eigenvalue weighted by atomic mass is 15.1. The van der Waals surface area contributed by atoms with Gasteiger partial charge in [0.05, 0.1) is 6.54 Å². The molecule has 0 bridgehead atoms. The molecule has 0 N–H and O–H groups in total. The summed E-state index contributed by atoms with van der Waals surface area (Å²) in [6, 6.07) is 22.7. The van der Waals surface area contributed by atoms with Gasteiger partial charge in [0.15, 0.2) is 0 Å². The van der Waals surface area contributed by atoms with Crippen LogP contribution in [0, 0.1) is 0 Å². The van der Waals surface area contributed by atoms with E-state index in [4.69, 9.17) is 0 Å². The summed E-state index contributed by atoms with van der Waals surface area (Å²) in [5.74, 6) is 0. The van der Waals surface area contributed by atoms with Gasteiger partial charge in [-0.2, -0.15) is 0 Å². The Hall–Kier alpha value is -2.35. The Labute approximate surface area is 266 Å². The van der Waals surface area contributed by atoms with Crippen molar-refractivity contribution in [3.63, 3.8) is 0 Å². The average molecular weight is 586 g/mol. The van der Waals surface area contributed by atoms with Crippen LogP contribution in [0.3, 0.4) is 0 Å². The molecule has 2 heteroatoms. The van der Waals surface area contributed by atoms with E-state index in [0.29, 0.717) is 6.04 Å². The van der Waals surface area contributed by atoms with Gasteiger partial charge in [0, 0.05) is 5.41 Å². The van der Waals surface area contributed by atoms with E-state index in [0.717, 1.165) is 13.0 Å². The molecule has 0 spiro atoms. The highest BCUT2D eigenvalue weighted by Gasteiger charge is 2.40. The number of aryl methyl sites for hydroxylation is 1. The minimum Gasteiger partial charge on any atom is -0.237 e. The van der Waals surface area contributed by atoms with Crippen LogP contribution in [0.2, 0.25) is 0 Å². The van der Waals surface area contributed by atoms with E-state index in [1.165, 1.54) is 133 Å². The maximum Gasteiger partial charge on any atom is 0.244 e. The maximum atomic E-state index is 2.52. The zero-order valence-electron chi connectivity index (χ0n) is 28.3. The number of unbranched alkanes of at least 4 members (excludes halogenated alkanes) is 16. The fourth-order valence-electron chi connectivity index (χ4n) is 7.07. The minimum absolute atomic E-state index is 0.0172. The average Bonchev–Trinajstić information content (AvgIpc) is 3.50. The van der Waals surface area contributed by atoms with Crippen LogP contribution in [0.5, 0.6) is 0 Å². The summed E-state index contributed by atoms with van der Waals surface area (Å²) in [6.07, 6.45) is 34.7. The normalized spacial score (nSPS) is 13.7. The van der Waals surface area contributed by atoms with Crippen molar-refractivity contribution >= 4 is 0 Å². The zero-order chi connectivity index (χ0) is 30.4. The van der Waals surface area contributed by atoms with Gasteiger partial charge in [0.1, 0.15) is 18.4 Å². The quantitative estimate of drug-likeness (QED) is 0.0690. The molecular weight excluding hydrogens is 520 g/mol. The summed E-state index contributed by atoms with van der Waals surface area (Å²) >= 11 is 0. The SMILES string of the molecule is CCCCCCCCCCCCCCCCCCC[n+]1ccn(C(CCC)C(C)(Cc2ccccc2)c2ccccc2)c1. The Morgan fingerprint density at radius 3 is 1.60 bits per heavy atom. The van der Waals surface area contributed by atoms with E-state index in [1.54, 1.807) is 0 Å². The van der Waals surface area contributed by atoms with E-state index in [9.17, 15) is 0 Å². The lowest BCUT2D eigenvalue weighted by Gasteiger charge is -2.36. The third-order valence-electron chi connectivity index (χ3n) is 9.74. The minimum atomic E-state index is 0.0172. The smallest absolute Gasteiger partial charge is 0.237 e. The van der Waals surface area contributed by atoms with Crippen LogP contribution in [0.25, 0.3) is 0 Å². The van der Waals surface area contributed by atoms with E-state index < -0.39 is 0 Å². The van der Waals surface area contributed by atoms with Gasteiger partial charge in [-0.15, -0.1) is 0 Å². The second kappa shape index (κ2) is 21.4. The van der Waals surface area contributed by atoms with Crippen LogP contribution in [0.4, 0.5) is 0 Å². The largest absolute Gasteiger partial charge is 0.244 e. The fraction of sp³-hybridized carbons (Fsp3) is 0.634. The monoisotopic (exact) mass is 586 g/mol. The molecule has 2 unspecified atom stereocenters. The standard InChI is InChI=1S/C41H65N2/c1-4-6-7-8-9-10-11-12-13-14-15-16-17-18-19-20-27-33-42-34-35-43(37-42)40(28-5-2)41(3,39-31-25-22-26-32-39)36-38-29-23-21-24-30-38/h21-26,29-32,34-35,37,40H,4-20,27-28,33,36H2,1-3H3/q+1. The summed E-state index contributed by atoms with van der Waals surface area (Å²) in [5.41, 5.74) is 2.87. The molecule has 3 aromatic rings. The van der Waals surface area contributed by atoms with Gasteiger partial charge in [0.2, 0.25) is 6.33 Å². The first-order valence-electron chi connectivity index (χ1n) is 18.3. The van der Waals surface area contributed by atoms with Crippen LogP contribution in [0.15, 0.2) is 79.4 Å². The van der Waals surface area contributed by atoms with Crippen LogP contribution in [-0.2, 0) is 18.4 Å². The molecule has 2 atom stereocenters. The molecule has 0 amide bonds. The zero-order valence-corrected chi connectivity index (χ0v) is 28.3. The number of rotatable bonds is 25. The second-order valence-electron chi connectivity index (χ2n) is 13.5. The Morgan fingerprint density at radius 2 is 1.09 bits per heavy atom. The second-order valence-corrected chi connectivity index (χ2v) is 13.5. The molecule has 238 valence electrons. The molecule has 0 aliphatic heterocycles.